The van der Waals surface area contributed by atoms with Crippen LogP contribution in [0.3, 0.4) is 0 Å². The number of rotatable bonds is 2. The molecule has 0 amide bonds. The number of carbonyl (C=O) groups excluding carboxylic acids is 1. The molecule has 5 nitrogen and oxygen atoms in total. The molecule has 3 fully saturated rings. The molecule has 150 valence electrons. The maximum Gasteiger partial charge on any atom is 0.397 e. The van der Waals surface area contributed by atoms with Gasteiger partial charge in [0, 0.05) is 6.42 Å². The third-order valence-electron chi connectivity index (χ3n) is 8.37. The fraction of sp³-hybridized carbons (Fsp3) is 0.762. The average molecular weight is 395 g/mol. The van der Waals surface area contributed by atoms with E-state index in [-0.39, 0.29) is 16.6 Å². The van der Waals surface area contributed by atoms with Crippen LogP contribution in [0.2, 0.25) is 0 Å². The first kappa shape index (κ1) is 19.3. The molecule has 6 unspecified atom stereocenters. The number of hydrogen-bond acceptors (Lipinski definition) is 4. The first-order chi connectivity index (χ1) is 12.6. The number of hydrogen-bond donors (Lipinski definition) is 1. The Bertz CT molecular complexity index is 826. The molecule has 27 heavy (non-hydrogen) atoms. The normalized spacial score (nSPS) is 45.9. The minimum Gasteiger partial charge on any atom is -0.295 e. The maximum atomic E-state index is 11.9. The highest BCUT2D eigenvalue weighted by atomic mass is 32.3. The summed E-state index contributed by atoms with van der Waals surface area (Å²) in [4.78, 5) is 11.9. The van der Waals surface area contributed by atoms with Gasteiger partial charge in [-0.15, -0.1) is 0 Å². The van der Waals surface area contributed by atoms with Gasteiger partial charge >= 0.3 is 10.4 Å². The van der Waals surface area contributed by atoms with Crippen LogP contribution in [0, 0.1) is 28.6 Å². The molecule has 3 saturated carbocycles. The summed E-state index contributed by atoms with van der Waals surface area (Å²) in [7, 11) is -4.47. The van der Waals surface area contributed by atoms with Crippen molar-refractivity contribution < 1.29 is 21.9 Å². The van der Waals surface area contributed by atoms with Gasteiger partial charge in [-0.05, 0) is 85.7 Å². The lowest BCUT2D eigenvalue weighted by molar-refractivity contribution is -0.117. The van der Waals surface area contributed by atoms with E-state index in [1.807, 2.05) is 19.1 Å². The Morgan fingerprint density at radius 1 is 1.15 bits per heavy atom. The van der Waals surface area contributed by atoms with E-state index in [4.69, 9.17) is 4.18 Å². The smallest absolute Gasteiger partial charge is 0.295 e. The summed E-state index contributed by atoms with van der Waals surface area (Å²) in [6.07, 6.45) is 9.66. The van der Waals surface area contributed by atoms with Crippen molar-refractivity contribution in [2.45, 2.75) is 71.8 Å². The number of carbonyl (C=O) groups is 1. The zero-order valence-corrected chi connectivity index (χ0v) is 17.2. The monoisotopic (exact) mass is 394 g/mol. The minimum absolute atomic E-state index is 0.0761. The third kappa shape index (κ3) is 2.95. The number of ketones is 1. The van der Waals surface area contributed by atoms with Crippen LogP contribution in [0.1, 0.15) is 65.7 Å². The molecule has 0 aromatic heterocycles. The van der Waals surface area contributed by atoms with Crippen molar-refractivity contribution in [1.82, 2.24) is 0 Å². The predicted octanol–water partition coefficient (Wildman–Crippen LogP) is 4.26. The summed E-state index contributed by atoms with van der Waals surface area (Å²) >= 11 is 0. The van der Waals surface area contributed by atoms with E-state index in [9.17, 15) is 17.8 Å². The van der Waals surface area contributed by atoms with Crippen molar-refractivity contribution in [3.05, 3.63) is 23.3 Å². The van der Waals surface area contributed by atoms with E-state index in [0.29, 0.717) is 30.6 Å². The Kier molecular flexibility index (Phi) is 4.48. The summed E-state index contributed by atoms with van der Waals surface area (Å²) in [6, 6.07) is 0. The number of allylic oxidation sites excluding steroid dienone is 2. The second kappa shape index (κ2) is 6.26. The Morgan fingerprint density at radius 2 is 1.89 bits per heavy atom. The van der Waals surface area contributed by atoms with Crippen LogP contribution in [-0.2, 0) is 19.4 Å². The molecular weight excluding hydrogens is 364 g/mol. The van der Waals surface area contributed by atoms with Crippen LogP contribution in [0.4, 0.5) is 0 Å². The molecule has 1 N–H and O–H groups in total. The molecule has 0 aromatic carbocycles. The van der Waals surface area contributed by atoms with Crippen molar-refractivity contribution in [3.63, 3.8) is 0 Å². The van der Waals surface area contributed by atoms with E-state index in [0.717, 1.165) is 37.7 Å². The largest absolute Gasteiger partial charge is 0.397 e. The zero-order chi connectivity index (χ0) is 19.6. The second-order valence-electron chi connectivity index (χ2n) is 9.42. The molecule has 4 rings (SSSR count). The van der Waals surface area contributed by atoms with E-state index >= 15 is 0 Å². The Hall–Kier alpha value is -0.980. The second-order valence-corrected chi connectivity index (χ2v) is 10.5. The maximum absolute atomic E-state index is 11.9. The molecule has 0 heterocycles. The molecule has 4 aliphatic carbocycles. The van der Waals surface area contributed by atoms with Crippen molar-refractivity contribution in [1.29, 1.82) is 0 Å². The lowest BCUT2D eigenvalue weighted by Gasteiger charge is -2.57. The van der Waals surface area contributed by atoms with Crippen molar-refractivity contribution in [2.24, 2.45) is 28.6 Å². The number of fused-ring (bicyclic) bond motifs is 5. The molecule has 0 saturated heterocycles. The van der Waals surface area contributed by atoms with E-state index in [1.54, 1.807) is 0 Å². The van der Waals surface area contributed by atoms with Gasteiger partial charge in [0.1, 0.15) is 6.10 Å². The predicted molar refractivity (Wildman–Crippen MR) is 102 cm³/mol. The van der Waals surface area contributed by atoms with Gasteiger partial charge in [-0.1, -0.05) is 25.5 Å². The lowest BCUT2D eigenvalue weighted by Crippen LogP contribution is -2.49. The first-order valence-corrected chi connectivity index (χ1v) is 11.5. The lowest BCUT2D eigenvalue weighted by atomic mass is 9.47. The SMILES string of the molecule is C/C=C1\C(OS(=O)(=O)O)CC2C3CCC4=CC(=O)CCC4(C)C3CCC12C. The van der Waals surface area contributed by atoms with Crippen LogP contribution >= 0.6 is 0 Å². The summed E-state index contributed by atoms with van der Waals surface area (Å²) in [5, 5.41) is 0. The quantitative estimate of drug-likeness (QED) is 0.559. The molecule has 0 aliphatic heterocycles. The summed E-state index contributed by atoms with van der Waals surface area (Å²) in [5.41, 5.74) is 2.37. The highest BCUT2D eigenvalue weighted by Gasteiger charge is 2.60. The Balaban J connectivity index is 1.68. The first-order valence-electron chi connectivity index (χ1n) is 10.1. The van der Waals surface area contributed by atoms with Crippen LogP contribution in [0.15, 0.2) is 23.3 Å². The van der Waals surface area contributed by atoms with Crippen LogP contribution in [-0.4, -0.2) is 24.9 Å². The molecule has 4 aliphatic rings. The fourth-order valence-electron chi connectivity index (χ4n) is 7.15. The fourth-order valence-corrected chi connectivity index (χ4v) is 7.63. The van der Waals surface area contributed by atoms with Crippen LogP contribution in [0.5, 0.6) is 0 Å². The average Bonchev–Trinajstić information content (AvgIpc) is 2.84. The van der Waals surface area contributed by atoms with Crippen LogP contribution in [0.25, 0.3) is 0 Å². The summed E-state index contributed by atoms with van der Waals surface area (Å²) in [6.45, 7) is 6.52. The van der Waals surface area contributed by atoms with Gasteiger partial charge in [0.15, 0.2) is 5.78 Å². The van der Waals surface area contributed by atoms with E-state index in [1.165, 1.54) is 5.57 Å². The van der Waals surface area contributed by atoms with Gasteiger partial charge in [0.2, 0.25) is 0 Å². The van der Waals surface area contributed by atoms with Gasteiger partial charge in [-0.25, -0.2) is 4.18 Å². The highest BCUT2D eigenvalue weighted by Crippen LogP contribution is 2.66. The van der Waals surface area contributed by atoms with Gasteiger partial charge in [-0.2, -0.15) is 8.42 Å². The standard InChI is InChI=1S/C21H30O5S/c1-4-16-19(26-27(23,24)25)12-18-15-6-5-13-11-14(22)7-9-20(13,2)17(15)8-10-21(16,18)3/h4,11,15,17-19H,5-10,12H2,1-3H3,(H,23,24,25)/b16-4+. The van der Waals surface area contributed by atoms with E-state index in [2.05, 4.69) is 13.8 Å². The van der Waals surface area contributed by atoms with Crippen LogP contribution < -0.4 is 0 Å². The van der Waals surface area contributed by atoms with Crippen molar-refractivity contribution in [3.8, 4) is 0 Å². The molecular formula is C21H30O5S. The zero-order valence-electron chi connectivity index (χ0n) is 16.4. The molecule has 0 bridgehead atoms. The Labute approximate surface area is 162 Å². The van der Waals surface area contributed by atoms with Gasteiger partial charge in [-0.3, -0.25) is 9.35 Å². The minimum atomic E-state index is -4.47. The topological polar surface area (TPSA) is 80.7 Å². The molecule has 0 aromatic rings. The molecule has 0 spiro atoms. The van der Waals surface area contributed by atoms with Crippen molar-refractivity contribution in [2.75, 3.05) is 0 Å². The molecule has 6 heteroatoms. The van der Waals surface area contributed by atoms with Crippen molar-refractivity contribution >= 4 is 16.2 Å². The van der Waals surface area contributed by atoms with Gasteiger partial charge in [0.05, 0.1) is 0 Å². The Morgan fingerprint density at radius 3 is 2.56 bits per heavy atom. The molecule has 6 atom stereocenters. The molecule has 0 radical (unpaired) electrons. The van der Waals surface area contributed by atoms with E-state index < -0.39 is 16.5 Å². The van der Waals surface area contributed by atoms with Gasteiger partial charge in [0.25, 0.3) is 0 Å². The van der Waals surface area contributed by atoms with Gasteiger partial charge < -0.3 is 0 Å². The summed E-state index contributed by atoms with van der Waals surface area (Å²) < 4.78 is 37.1. The third-order valence-corrected chi connectivity index (χ3v) is 8.85. The highest BCUT2D eigenvalue weighted by molar-refractivity contribution is 7.80. The summed E-state index contributed by atoms with van der Waals surface area (Å²) in [5.74, 6) is 1.65.